The predicted molar refractivity (Wildman–Crippen MR) is 113 cm³/mol. The highest BCUT2D eigenvalue weighted by Crippen LogP contribution is 2.27. The van der Waals surface area contributed by atoms with Crippen LogP contribution in [0.15, 0.2) is 53.3 Å². The molecule has 2 heterocycles. The number of carbonyl (C=O) groups excluding carboxylic acids is 1. The minimum absolute atomic E-state index is 0.221. The average molecular weight is 405 g/mol. The van der Waals surface area contributed by atoms with Crippen LogP contribution in [-0.2, 0) is 4.79 Å². The zero-order valence-corrected chi connectivity index (χ0v) is 17.1. The Morgan fingerprint density at radius 1 is 1.14 bits per heavy atom. The molecule has 29 heavy (non-hydrogen) atoms. The van der Waals surface area contributed by atoms with Gasteiger partial charge in [0.15, 0.2) is 5.82 Å². The molecule has 0 aliphatic carbocycles. The van der Waals surface area contributed by atoms with Crippen molar-refractivity contribution in [2.24, 2.45) is 0 Å². The largest absolute Gasteiger partial charge is 0.426 e. The Balaban J connectivity index is 1.74. The zero-order chi connectivity index (χ0) is 20.5. The van der Waals surface area contributed by atoms with Crippen molar-refractivity contribution < 1.29 is 9.53 Å². The zero-order valence-electron chi connectivity index (χ0n) is 16.2. The first-order valence-electron chi connectivity index (χ1n) is 9.21. The molecule has 4 rings (SSSR count). The van der Waals surface area contributed by atoms with Crippen LogP contribution in [0, 0.1) is 0 Å². The van der Waals surface area contributed by atoms with E-state index in [0.29, 0.717) is 32.5 Å². The summed E-state index contributed by atoms with van der Waals surface area (Å²) < 4.78 is 7.08. The van der Waals surface area contributed by atoms with Crippen LogP contribution in [0.5, 0.6) is 5.75 Å². The number of esters is 1. The van der Waals surface area contributed by atoms with E-state index in [0.717, 1.165) is 5.56 Å². The Morgan fingerprint density at radius 2 is 1.86 bits per heavy atom. The van der Waals surface area contributed by atoms with Crippen molar-refractivity contribution >= 4 is 28.3 Å². The van der Waals surface area contributed by atoms with Gasteiger partial charge in [0.25, 0.3) is 5.56 Å². The van der Waals surface area contributed by atoms with Crippen molar-refractivity contribution in [2.45, 2.75) is 26.7 Å². The number of fused-ring (bicyclic) bond motifs is 1. The van der Waals surface area contributed by atoms with E-state index in [1.54, 1.807) is 24.3 Å². The number of thiazole rings is 1. The van der Waals surface area contributed by atoms with E-state index in [9.17, 15) is 9.59 Å². The van der Waals surface area contributed by atoms with Gasteiger partial charge in [-0.1, -0.05) is 61.6 Å². The van der Waals surface area contributed by atoms with E-state index in [1.807, 2.05) is 18.2 Å². The fourth-order valence-electron chi connectivity index (χ4n) is 2.97. The normalized spacial score (nSPS) is 12.1. The van der Waals surface area contributed by atoms with Gasteiger partial charge >= 0.3 is 5.97 Å². The van der Waals surface area contributed by atoms with Crippen LogP contribution in [0.25, 0.3) is 22.4 Å². The highest BCUT2D eigenvalue weighted by Gasteiger charge is 2.16. The van der Waals surface area contributed by atoms with Gasteiger partial charge in [-0.25, -0.2) is 0 Å². The second-order valence-electron chi connectivity index (χ2n) is 6.96. The SMILES string of the molecule is CC(=O)Oc1ccccc1-c1nc2sc(=Cc3ccc(C(C)C)cc3)c(=O)n2n1. The van der Waals surface area contributed by atoms with Gasteiger partial charge < -0.3 is 4.74 Å². The molecule has 0 N–H and O–H groups in total. The van der Waals surface area contributed by atoms with Gasteiger partial charge in [-0.15, -0.1) is 5.10 Å². The standard InChI is InChI=1S/C22H19N3O3S/c1-13(2)16-10-8-15(9-11-16)12-19-21(27)25-22(29-19)23-20(24-25)17-6-4-5-7-18(17)28-14(3)26/h4-13H,1-3H3. The summed E-state index contributed by atoms with van der Waals surface area (Å²) in [5, 5.41) is 4.34. The number of nitrogens with zero attached hydrogens (tertiary/aromatic N) is 3. The summed E-state index contributed by atoms with van der Waals surface area (Å²) >= 11 is 1.28. The Labute approximate surface area is 171 Å². The first-order valence-corrected chi connectivity index (χ1v) is 10.0. The van der Waals surface area contributed by atoms with E-state index >= 15 is 0 Å². The van der Waals surface area contributed by atoms with E-state index in [1.165, 1.54) is 28.3 Å². The first kappa shape index (κ1) is 19.0. The first-order chi connectivity index (χ1) is 13.9. The maximum Gasteiger partial charge on any atom is 0.308 e. The van der Waals surface area contributed by atoms with Crippen LogP contribution in [0.2, 0.25) is 0 Å². The molecule has 0 saturated carbocycles. The smallest absolute Gasteiger partial charge is 0.308 e. The van der Waals surface area contributed by atoms with Gasteiger partial charge in [0.2, 0.25) is 4.96 Å². The number of ether oxygens (including phenoxy) is 1. The van der Waals surface area contributed by atoms with Gasteiger partial charge in [0, 0.05) is 6.92 Å². The molecule has 0 atom stereocenters. The fourth-order valence-corrected chi connectivity index (χ4v) is 3.88. The predicted octanol–water partition coefficient (Wildman–Crippen LogP) is 3.41. The second-order valence-corrected chi connectivity index (χ2v) is 7.97. The second kappa shape index (κ2) is 7.60. The van der Waals surface area contributed by atoms with Crippen molar-refractivity contribution in [3.8, 4) is 17.1 Å². The number of aromatic nitrogens is 3. The molecule has 0 spiro atoms. The van der Waals surface area contributed by atoms with E-state index in [-0.39, 0.29) is 5.56 Å². The number of benzene rings is 2. The number of hydrogen-bond acceptors (Lipinski definition) is 6. The van der Waals surface area contributed by atoms with Gasteiger partial charge in [0.05, 0.1) is 10.1 Å². The van der Waals surface area contributed by atoms with Crippen LogP contribution >= 0.6 is 11.3 Å². The van der Waals surface area contributed by atoms with Crippen molar-refractivity contribution in [3.05, 3.63) is 74.5 Å². The van der Waals surface area contributed by atoms with Crippen molar-refractivity contribution in [1.82, 2.24) is 14.6 Å². The maximum atomic E-state index is 12.8. The monoisotopic (exact) mass is 405 g/mol. The lowest BCUT2D eigenvalue weighted by Crippen LogP contribution is -2.23. The average Bonchev–Trinajstić information content (AvgIpc) is 3.22. The van der Waals surface area contributed by atoms with Gasteiger partial charge in [-0.3, -0.25) is 9.59 Å². The molecule has 0 fully saturated rings. The lowest BCUT2D eigenvalue weighted by atomic mass is 10.0. The van der Waals surface area contributed by atoms with Crippen LogP contribution in [0.4, 0.5) is 0 Å². The minimum atomic E-state index is -0.427. The molecule has 0 unspecified atom stereocenters. The molecule has 0 saturated heterocycles. The summed E-state index contributed by atoms with van der Waals surface area (Å²) in [6, 6.07) is 15.1. The van der Waals surface area contributed by atoms with Gasteiger partial charge in [0.1, 0.15) is 5.75 Å². The highest BCUT2D eigenvalue weighted by atomic mass is 32.1. The third-order valence-corrected chi connectivity index (χ3v) is 5.42. The third kappa shape index (κ3) is 3.82. The lowest BCUT2D eigenvalue weighted by molar-refractivity contribution is -0.131. The Hall–Kier alpha value is -3.32. The molecule has 4 aromatic rings. The number of para-hydroxylation sites is 1. The molecule has 0 bridgehead atoms. The van der Waals surface area contributed by atoms with Crippen molar-refractivity contribution in [1.29, 1.82) is 0 Å². The third-order valence-electron chi connectivity index (χ3n) is 4.46. The number of rotatable bonds is 4. The molecule has 0 amide bonds. The summed E-state index contributed by atoms with van der Waals surface area (Å²) in [5.74, 6) is 0.741. The highest BCUT2D eigenvalue weighted by molar-refractivity contribution is 7.15. The van der Waals surface area contributed by atoms with Gasteiger partial charge in [-0.2, -0.15) is 9.50 Å². The van der Waals surface area contributed by atoms with E-state index < -0.39 is 5.97 Å². The Bertz CT molecular complexity index is 1300. The molecular formula is C22H19N3O3S. The van der Waals surface area contributed by atoms with E-state index in [4.69, 9.17) is 4.74 Å². The van der Waals surface area contributed by atoms with E-state index in [2.05, 4.69) is 36.1 Å². The van der Waals surface area contributed by atoms with Crippen molar-refractivity contribution in [2.75, 3.05) is 0 Å². The molecular weight excluding hydrogens is 386 g/mol. The fraction of sp³-hybridized carbons (Fsp3) is 0.182. The summed E-state index contributed by atoms with van der Waals surface area (Å²) in [5.41, 5.74) is 2.55. The Morgan fingerprint density at radius 3 is 2.52 bits per heavy atom. The van der Waals surface area contributed by atoms with Crippen LogP contribution < -0.4 is 14.8 Å². The molecule has 0 aliphatic rings. The van der Waals surface area contributed by atoms with Crippen LogP contribution in [0.3, 0.4) is 0 Å². The molecule has 6 nitrogen and oxygen atoms in total. The summed E-state index contributed by atoms with van der Waals surface area (Å²) in [6.45, 7) is 5.62. The minimum Gasteiger partial charge on any atom is -0.426 e. The Kier molecular flexibility index (Phi) is 4.98. The topological polar surface area (TPSA) is 73.6 Å². The number of carbonyl (C=O) groups is 1. The summed E-state index contributed by atoms with van der Waals surface area (Å²) in [7, 11) is 0. The summed E-state index contributed by atoms with van der Waals surface area (Å²) in [4.78, 5) is 29.1. The molecule has 2 aromatic carbocycles. The molecule has 146 valence electrons. The molecule has 0 radical (unpaired) electrons. The van der Waals surface area contributed by atoms with Gasteiger partial charge in [-0.05, 0) is 35.3 Å². The number of hydrogen-bond donors (Lipinski definition) is 0. The summed E-state index contributed by atoms with van der Waals surface area (Å²) in [6.07, 6.45) is 1.85. The molecule has 0 aliphatic heterocycles. The van der Waals surface area contributed by atoms with Crippen LogP contribution in [-0.4, -0.2) is 20.6 Å². The lowest BCUT2D eigenvalue weighted by Gasteiger charge is -2.04. The quantitative estimate of drug-likeness (QED) is 0.384. The molecule has 2 aromatic heterocycles. The molecule has 7 heteroatoms. The van der Waals surface area contributed by atoms with Crippen LogP contribution in [0.1, 0.15) is 37.8 Å². The maximum absolute atomic E-state index is 12.8. The van der Waals surface area contributed by atoms with Crippen molar-refractivity contribution in [3.63, 3.8) is 0 Å².